The van der Waals surface area contributed by atoms with E-state index in [1.54, 1.807) is 18.5 Å². The lowest BCUT2D eigenvalue weighted by atomic mass is 9.75. The van der Waals surface area contributed by atoms with Gasteiger partial charge in [0.15, 0.2) is 0 Å². The zero-order valence-electron chi connectivity index (χ0n) is 17.2. The van der Waals surface area contributed by atoms with Gasteiger partial charge < -0.3 is 10.1 Å². The Morgan fingerprint density at radius 3 is 2.47 bits per heavy atom. The van der Waals surface area contributed by atoms with Gasteiger partial charge in [-0.25, -0.2) is 4.79 Å². The van der Waals surface area contributed by atoms with Crippen LogP contribution < -0.4 is 5.32 Å². The lowest BCUT2D eigenvalue weighted by Crippen LogP contribution is -2.43. The zero-order chi connectivity index (χ0) is 20.6. The van der Waals surface area contributed by atoms with Gasteiger partial charge in [0, 0.05) is 29.9 Å². The second kappa shape index (κ2) is 7.86. The van der Waals surface area contributed by atoms with Crippen molar-refractivity contribution in [3.63, 3.8) is 0 Å². The molecule has 2 aliphatic carbocycles. The number of aromatic nitrogens is 1. The number of pyridine rings is 1. The molecule has 0 atom stereocenters. The maximum Gasteiger partial charge on any atom is 0.339 e. The number of fused-ring (bicyclic) bond motifs is 2. The van der Waals surface area contributed by atoms with Gasteiger partial charge in [0.05, 0.1) is 5.56 Å². The molecule has 0 unspecified atom stereocenters. The third-order valence-corrected chi connectivity index (χ3v) is 7.33. The lowest BCUT2D eigenvalue weighted by Gasteiger charge is -2.36. The SMILES string of the molecule is O=C1O[C@]2(CC[C@@H](C(=O)N[C@H]3CC[C@H](c4ccccc4)CC3)CC2)c2cnccc21. The lowest BCUT2D eigenvalue weighted by molar-refractivity contribution is -0.129. The number of nitrogens with zero attached hydrogens (tertiary/aromatic N) is 1. The minimum atomic E-state index is -0.578. The van der Waals surface area contributed by atoms with Crippen LogP contribution in [0, 0.1) is 5.92 Å². The molecule has 1 spiro atoms. The zero-order valence-corrected chi connectivity index (χ0v) is 17.2. The van der Waals surface area contributed by atoms with Crippen LogP contribution in [0.2, 0.25) is 0 Å². The quantitative estimate of drug-likeness (QED) is 0.766. The molecule has 5 nitrogen and oxygen atoms in total. The summed E-state index contributed by atoms with van der Waals surface area (Å²) >= 11 is 0. The molecule has 2 heterocycles. The van der Waals surface area contributed by atoms with Gasteiger partial charge in [0.25, 0.3) is 0 Å². The summed E-state index contributed by atoms with van der Waals surface area (Å²) in [5.41, 5.74) is 2.36. The van der Waals surface area contributed by atoms with Crippen LogP contribution in [-0.4, -0.2) is 22.9 Å². The largest absolute Gasteiger partial charge is 0.450 e. The number of rotatable bonds is 3. The number of carbonyl (C=O) groups is 2. The van der Waals surface area contributed by atoms with Crippen LogP contribution in [0.25, 0.3) is 0 Å². The van der Waals surface area contributed by atoms with Gasteiger partial charge in [-0.05, 0) is 68.9 Å². The average Bonchev–Trinajstić information content (AvgIpc) is 3.07. The minimum absolute atomic E-state index is 0.00175. The first kappa shape index (κ1) is 19.3. The van der Waals surface area contributed by atoms with Gasteiger partial charge in [-0.15, -0.1) is 0 Å². The van der Waals surface area contributed by atoms with E-state index in [9.17, 15) is 9.59 Å². The van der Waals surface area contributed by atoms with Gasteiger partial charge in [-0.3, -0.25) is 9.78 Å². The van der Waals surface area contributed by atoms with Gasteiger partial charge in [-0.1, -0.05) is 30.3 Å². The van der Waals surface area contributed by atoms with E-state index < -0.39 is 5.60 Å². The van der Waals surface area contributed by atoms with Gasteiger partial charge >= 0.3 is 5.97 Å². The smallest absolute Gasteiger partial charge is 0.339 e. The van der Waals surface area contributed by atoms with Crippen LogP contribution in [-0.2, 0) is 15.1 Å². The highest BCUT2D eigenvalue weighted by Crippen LogP contribution is 2.47. The molecule has 30 heavy (non-hydrogen) atoms. The molecule has 0 saturated heterocycles. The molecule has 5 heteroatoms. The number of carbonyl (C=O) groups excluding carboxylic acids is 2. The summed E-state index contributed by atoms with van der Waals surface area (Å²) in [6.07, 6.45) is 10.6. The van der Waals surface area contributed by atoms with Gasteiger partial charge in [0.1, 0.15) is 5.60 Å². The van der Waals surface area contributed by atoms with Crippen molar-refractivity contribution in [3.8, 4) is 0 Å². The Balaban J connectivity index is 1.15. The molecule has 2 saturated carbocycles. The predicted molar refractivity (Wildman–Crippen MR) is 113 cm³/mol. The van der Waals surface area contributed by atoms with Crippen molar-refractivity contribution < 1.29 is 14.3 Å². The normalized spacial score (nSPS) is 30.5. The summed E-state index contributed by atoms with van der Waals surface area (Å²) < 4.78 is 5.78. The highest BCUT2D eigenvalue weighted by atomic mass is 16.6. The molecule has 3 aliphatic rings. The Labute approximate surface area is 177 Å². The van der Waals surface area contributed by atoms with Crippen LogP contribution in [0.3, 0.4) is 0 Å². The fourth-order valence-corrected chi connectivity index (χ4v) is 5.56. The molecule has 1 aromatic heterocycles. The Bertz CT molecular complexity index is 926. The van der Waals surface area contributed by atoms with E-state index in [0.29, 0.717) is 24.3 Å². The average molecular weight is 405 g/mol. The van der Waals surface area contributed by atoms with Gasteiger partial charge in [-0.2, -0.15) is 0 Å². The molecular formula is C25H28N2O3. The molecule has 5 rings (SSSR count). The number of amides is 1. The molecular weight excluding hydrogens is 376 g/mol. The summed E-state index contributed by atoms with van der Waals surface area (Å²) in [5, 5.41) is 3.31. The Morgan fingerprint density at radius 1 is 1.00 bits per heavy atom. The molecule has 1 aliphatic heterocycles. The molecule has 1 amide bonds. The molecule has 2 fully saturated rings. The Morgan fingerprint density at radius 2 is 1.73 bits per heavy atom. The fourth-order valence-electron chi connectivity index (χ4n) is 5.56. The summed E-state index contributed by atoms with van der Waals surface area (Å²) in [6.45, 7) is 0. The second-order valence-corrected chi connectivity index (χ2v) is 9.05. The number of hydrogen-bond acceptors (Lipinski definition) is 4. The highest BCUT2D eigenvalue weighted by Gasteiger charge is 2.48. The van der Waals surface area contributed by atoms with E-state index in [1.165, 1.54) is 5.56 Å². The predicted octanol–water partition coefficient (Wildman–Crippen LogP) is 4.48. The van der Waals surface area contributed by atoms with Crippen LogP contribution in [0.5, 0.6) is 0 Å². The van der Waals surface area contributed by atoms with Crippen LogP contribution in [0.1, 0.15) is 78.8 Å². The number of esters is 1. The first-order chi connectivity index (χ1) is 14.6. The molecule has 156 valence electrons. The monoisotopic (exact) mass is 404 g/mol. The first-order valence-corrected chi connectivity index (χ1v) is 11.2. The molecule has 1 N–H and O–H groups in total. The number of ether oxygens (including phenoxy) is 1. The summed E-state index contributed by atoms with van der Waals surface area (Å²) in [5.74, 6) is 0.524. The third kappa shape index (κ3) is 3.51. The number of nitrogens with one attached hydrogen (secondary N) is 1. The summed E-state index contributed by atoms with van der Waals surface area (Å²) in [7, 11) is 0. The summed E-state index contributed by atoms with van der Waals surface area (Å²) in [6, 6.07) is 12.7. The fraction of sp³-hybridized carbons (Fsp3) is 0.480. The van der Waals surface area contributed by atoms with Crippen molar-refractivity contribution >= 4 is 11.9 Å². The Hall–Kier alpha value is -2.69. The maximum atomic E-state index is 12.9. The molecule has 0 bridgehead atoms. The Kier molecular flexibility index (Phi) is 5.05. The summed E-state index contributed by atoms with van der Waals surface area (Å²) in [4.78, 5) is 29.3. The van der Waals surface area contributed by atoms with Crippen molar-refractivity contribution in [1.82, 2.24) is 10.3 Å². The van der Waals surface area contributed by atoms with Crippen molar-refractivity contribution in [2.75, 3.05) is 0 Å². The van der Waals surface area contributed by atoms with Crippen molar-refractivity contribution in [2.45, 2.75) is 68.9 Å². The second-order valence-electron chi connectivity index (χ2n) is 9.05. The van der Waals surface area contributed by atoms with E-state index in [4.69, 9.17) is 4.74 Å². The van der Waals surface area contributed by atoms with Crippen molar-refractivity contribution in [3.05, 3.63) is 65.5 Å². The van der Waals surface area contributed by atoms with E-state index in [2.05, 4.69) is 40.6 Å². The van der Waals surface area contributed by atoms with Crippen LogP contribution in [0.4, 0.5) is 0 Å². The van der Waals surface area contributed by atoms with Crippen LogP contribution >= 0.6 is 0 Å². The molecule has 2 aromatic rings. The molecule has 0 radical (unpaired) electrons. The minimum Gasteiger partial charge on any atom is -0.450 e. The van der Waals surface area contributed by atoms with Crippen molar-refractivity contribution in [1.29, 1.82) is 0 Å². The van der Waals surface area contributed by atoms with Crippen LogP contribution in [0.15, 0.2) is 48.8 Å². The standard InChI is InChI=1S/C25H28N2O3/c28-23(27-20-8-6-18(7-9-20)17-4-2-1-3-5-17)19-10-13-25(14-11-19)22-16-26-15-12-21(22)24(29)30-25/h1-5,12,15-16,18-20H,6-11,13-14H2,(H,27,28)/t18-,19-,20-,25+. The topological polar surface area (TPSA) is 68.3 Å². The third-order valence-electron chi connectivity index (χ3n) is 7.33. The number of benzene rings is 1. The van der Waals surface area contributed by atoms with E-state index >= 15 is 0 Å². The van der Waals surface area contributed by atoms with E-state index in [-0.39, 0.29) is 23.8 Å². The van der Waals surface area contributed by atoms with E-state index in [0.717, 1.165) is 44.1 Å². The van der Waals surface area contributed by atoms with Crippen molar-refractivity contribution in [2.24, 2.45) is 5.92 Å². The first-order valence-electron chi connectivity index (χ1n) is 11.2. The van der Waals surface area contributed by atoms with E-state index in [1.807, 2.05) is 0 Å². The van der Waals surface area contributed by atoms with Gasteiger partial charge in [0.2, 0.25) is 5.91 Å². The highest BCUT2D eigenvalue weighted by molar-refractivity contribution is 5.94. The number of hydrogen-bond donors (Lipinski definition) is 1. The molecule has 1 aromatic carbocycles. The maximum absolute atomic E-state index is 12.9.